The van der Waals surface area contributed by atoms with Crippen molar-refractivity contribution in [2.24, 2.45) is 0 Å². The van der Waals surface area contributed by atoms with Crippen molar-refractivity contribution in [2.45, 2.75) is 70.4 Å². The maximum absolute atomic E-state index is 12.7. The monoisotopic (exact) mass is 445 g/mol. The first-order valence-corrected chi connectivity index (χ1v) is 12.5. The van der Waals surface area contributed by atoms with Crippen molar-refractivity contribution in [2.75, 3.05) is 33.7 Å². The van der Waals surface area contributed by atoms with Crippen molar-refractivity contribution in [3.05, 3.63) is 16.6 Å². The summed E-state index contributed by atoms with van der Waals surface area (Å²) in [5.41, 5.74) is 0.991. The van der Waals surface area contributed by atoms with Gasteiger partial charge in [0, 0.05) is 31.4 Å². The molecule has 2 amide bonds. The molecule has 8 heteroatoms. The van der Waals surface area contributed by atoms with E-state index in [-0.39, 0.29) is 11.8 Å². The largest absolute Gasteiger partial charge is 0.351 e. The number of hydrogen-bond donors (Lipinski definition) is 1. The molecule has 0 aromatic carbocycles. The second-order valence-electron chi connectivity index (χ2n) is 9.20. The highest BCUT2D eigenvalue weighted by Crippen LogP contribution is 2.35. The molecule has 1 aliphatic carbocycles. The Balaban J connectivity index is 1.33. The number of aromatic nitrogens is 2. The summed E-state index contributed by atoms with van der Waals surface area (Å²) in [4.78, 5) is 31.3. The van der Waals surface area contributed by atoms with Crippen LogP contribution in [0.25, 0.3) is 10.2 Å². The van der Waals surface area contributed by atoms with E-state index in [1.807, 2.05) is 24.9 Å². The number of fused-ring (bicyclic) bond motifs is 1. The van der Waals surface area contributed by atoms with E-state index >= 15 is 0 Å². The Morgan fingerprint density at radius 3 is 2.61 bits per heavy atom. The van der Waals surface area contributed by atoms with E-state index < -0.39 is 0 Å². The molecule has 0 bridgehead atoms. The topological polar surface area (TPSA) is 70.5 Å². The summed E-state index contributed by atoms with van der Waals surface area (Å²) in [6.07, 6.45) is 8.53. The summed E-state index contributed by atoms with van der Waals surface area (Å²) in [7, 11) is 4.02. The average molecular weight is 446 g/mol. The molecule has 0 radical (unpaired) electrons. The number of rotatable bonds is 6. The summed E-state index contributed by atoms with van der Waals surface area (Å²) in [6.45, 7) is 4.45. The van der Waals surface area contributed by atoms with Crippen molar-refractivity contribution < 1.29 is 9.59 Å². The smallest absolute Gasteiger partial charge is 0.261 e. The van der Waals surface area contributed by atoms with Gasteiger partial charge in [-0.25, -0.2) is 0 Å². The van der Waals surface area contributed by atoms with Crippen molar-refractivity contribution >= 4 is 33.4 Å². The molecule has 4 rings (SSSR count). The number of likely N-dealkylation sites (tertiary alicyclic amines) is 1. The third-order valence-electron chi connectivity index (χ3n) is 6.97. The van der Waals surface area contributed by atoms with Crippen molar-refractivity contribution in [1.29, 1.82) is 0 Å². The van der Waals surface area contributed by atoms with Gasteiger partial charge in [0.15, 0.2) is 0 Å². The number of nitrogens with one attached hydrogen (secondary N) is 1. The molecule has 31 heavy (non-hydrogen) atoms. The molecule has 7 nitrogen and oxygen atoms in total. The number of amides is 2. The lowest BCUT2D eigenvalue weighted by atomic mass is 9.96. The Labute approximate surface area is 188 Å². The van der Waals surface area contributed by atoms with Crippen LogP contribution in [-0.4, -0.2) is 71.2 Å². The van der Waals surface area contributed by atoms with Gasteiger partial charge in [-0.15, -0.1) is 11.3 Å². The molecular formula is C23H35N5O2S. The van der Waals surface area contributed by atoms with Crippen LogP contribution in [0.1, 0.15) is 72.8 Å². The number of piperidine rings is 1. The Bertz CT molecular complexity index is 922. The number of thiophene rings is 1. The first-order valence-electron chi connectivity index (χ1n) is 11.6. The van der Waals surface area contributed by atoms with Crippen LogP contribution in [0.5, 0.6) is 0 Å². The highest BCUT2D eigenvalue weighted by atomic mass is 32.1. The van der Waals surface area contributed by atoms with Gasteiger partial charge in [-0.2, -0.15) is 5.10 Å². The minimum atomic E-state index is -0.0921. The van der Waals surface area contributed by atoms with Crippen LogP contribution in [0.4, 0.5) is 0 Å². The van der Waals surface area contributed by atoms with Crippen molar-refractivity contribution in [1.82, 2.24) is 24.9 Å². The van der Waals surface area contributed by atoms with Crippen LogP contribution in [0.2, 0.25) is 0 Å². The number of nitrogens with zero attached hydrogens (tertiary/aromatic N) is 4. The van der Waals surface area contributed by atoms with Crippen LogP contribution in [0, 0.1) is 6.92 Å². The summed E-state index contributed by atoms with van der Waals surface area (Å²) in [5, 5.41) is 8.80. The highest BCUT2D eigenvalue weighted by molar-refractivity contribution is 7.20. The lowest BCUT2D eigenvalue weighted by molar-refractivity contribution is -0.132. The molecule has 170 valence electrons. The zero-order valence-electron chi connectivity index (χ0n) is 19.0. The Morgan fingerprint density at radius 2 is 1.90 bits per heavy atom. The van der Waals surface area contributed by atoms with Crippen molar-refractivity contribution in [3.8, 4) is 0 Å². The number of carbonyl (C=O) groups excluding carboxylic acids is 2. The van der Waals surface area contributed by atoms with Gasteiger partial charge in [0.25, 0.3) is 5.91 Å². The minimum absolute atomic E-state index is 0.0921. The van der Waals surface area contributed by atoms with Crippen LogP contribution < -0.4 is 5.32 Å². The molecule has 1 saturated carbocycles. The van der Waals surface area contributed by atoms with Crippen LogP contribution in [0.15, 0.2) is 6.07 Å². The lowest BCUT2D eigenvalue weighted by Crippen LogP contribution is -2.45. The zero-order valence-corrected chi connectivity index (χ0v) is 19.8. The highest BCUT2D eigenvalue weighted by Gasteiger charge is 2.25. The predicted molar refractivity (Wildman–Crippen MR) is 125 cm³/mol. The normalized spacial score (nSPS) is 19.1. The molecule has 2 aromatic heterocycles. The molecule has 1 N–H and O–H groups in total. The maximum Gasteiger partial charge on any atom is 0.261 e. The fourth-order valence-electron chi connectivity index (χ4n) is 4.89. The summed E-state index contributed by atoms with van der Waals surface area (Å²) < 4.78 is 2.16. The van der Waals surface area contributed by atoms with E-state index in [2.05, 4.69) is 21.9 Å². The van der Waals surface area contributed by atoms with Gasteiger partial charge in [0.2, 0.25) is 5.91 Å². The summed E-state index contributed by atoms with van der Waals surface area (Å²) in [5.74, 6) is 0.0144. The first kappa shape index (κ1) is 22.3. The molecule has 1 aliphatic heterocycles. The zero-order chi connectivity index (χ0) is 22.0. The maximum atomic E-state index is 12.7. The fourth-order valence-corrected chi connectivity index (χ4v) is 6.04. The minimum Gasteiger partial charge on any atom is -0.351 e. The van der Waals surface area contributed by atoms with E-state index in [0.717, 1.165) is 41.8 Å². The standard InChI is InChI=1S/C23H35N5O2S/c1-16-19-15-20(31-23(19)28(25-16)18-7-5-4-6-8-18)22(30)24-12-9-21(29)27(3)17-10-13-26(2)14-11-17/h15,17-18H,4-14H2,1-3H3,(H,24,30). The Kier molecular flexibility index (Phi) is 6.96. The van der Waals surface area contributed by atoms with E-state index in [1.54, 1.807) is 0 Å². The van der Waals surface area contributed by atoms with E-state index in [0.29, 0.717) is 29.9 Å². The molecule has 2 aliphatic rings. The fraction of sp³-hybridized carbons (Fsp3) is 0.696. The molecule has 2 aromatic rings. The van der Waals surface area contributed by atoms with Gasteiger partial charge >= 0.3 is 0 Å². The summed E-state index contributed by atoms with van der Waals surface area (Å²) in [6, 6.07) is 2.73. The first-order chi connectivity index (χ1) is 14.9. The Morgan fingerprint density at radius 1 is 1.19 bits per heavy atom. The molecule has 0 unspecified atom stereocenters. The van der Waals surface area contributed by atoms with Gasteiger partial charge in [-0.1, -0.05) is 19.3 Å². The molecular weight excluding hydrogens is 410 g/mol. The Hall–Kier alpha value is -1.93. The molecule has 2 fully saturated rings. The number of hydrogen-bond acceptors (Lipinski definition) is 5. The second kappa shape index (κ2) is 9.69. The second-order valence-corrected chi connectivity index (χ2v) is 10.2. The third kappa shape index (κ3) is 4.95. The van der Waals surface area contributed by atoms with E-state index in [1.165, 1.54) is 43.4 Å². The van der Waals surface area contributed by atoms with E-state index in [9.17, 15) is 9.59 Å². The lowest BCUT2D eigenvalue weighted by Gasteiger charge is -2.35. The van der Waals surface area contributed by atoms with Gasteiger partial charge in [-0.05, 0) is 58.8 Å². The molecule has 0 spiro atoms. The van der Waals surface area contributed by atoms with Crippen LogP contribution in [-0.2, 0) is 4.79 Å². The molecule has 1 saturated heterocycles. The van der Waals surface area contributed by atoms with Gasteiger partial charge in [-0.3, -0.25) is 14.3 Å². The molecule has 0 atom stereocenters. The van der Waals surface area contributed by atoms with Crippen LogP contribution in [0.3, 0.4) is 0 Å². The third-order valence-corrected chi connectivity index (χ3v) is 8.09. The van der Waals surface area contributed by atoms with E-state index in [4.69, 9.17) is 5.10 Å². The predicted octanol–water partition coefficient (Wildman–Crippen LogP) is 3.58. The van der Waals surface area contributed by atoms with Gasteiger partial charge < -0.3 is 15.1 Å². The van der Waals surface area contributed by atoms with Crippen LogP contribution >= 0.6 is 11.3 Å². The van der Waals surface area contributed by atoms with Gasteiger partial charge in [0.1, 0.15) is 4.83 Å². The number of carbonyl (C=O) groups is 2. The summed E-state index contributed by atoms with van der Waals surface area (Å²) >= 11 is 1.52. The quantitative estimate of drug-likeness (QED) is 0.738. The number of aryl methyl sites for hydroxylation is 1. The average Bonchev–Trinajstić information content (AvgIpc) is 3.35. The van der Waals surface area contributed by atoms with Crippen molar-refractivity contribution in [3.63, 3.8) is 0 Å². The van der Waals surface area contributed by atoms with Gasteiger partial charge in [0.05, 0.1) is 16.6 Å². The SMILES string of the molecule is Cc1nn(C2CCCCC2)c2sc(C(=O)NCCC(=O)N(C)C3CCN(C)CC3)cc12. The molecule has 3 heterocycles.